The van der Waals surface area contributed by atoms with E-state index in [0.29, 0.717) is 5.92 Å². The first-order valence-electron chi connectivity index (χ1n) is 6.57. The second-order valence-corrected chi connectivity index (χ2v) is 4.40. The topological polar surface area (TPSA) is 53.4 Å². The zero-order valence-electron chi connectivity index (χ0n) is 11.4. The lowest BCUT2D eigenvalue weighted by Gasteiger charge is -2.28. The van der Waals surface area contributed by atoms with Crippen molar-refractivity contribution in [3.8, 4) is 0 Å². The van der Waals surface area contributed by atoms with Crippen LogP contribution in [0.1, 0.15) is 44.1 Å². The molecule has 0 fully saturated rings. The van der Waals surface area contributed by atoms with Gasteiger partial charge in [-0.3, -0.25) is 0 Å². The van der Waals surface area contributed by atoms with Gasteiger partial charge in [0, 0.05) is 19.3 Å². The number of hydrogen-bond donors (Lipinski definition) is 1. The minimum absolute atomic E-state index is 0.144. The highest BCUT2D eigenvalue weighted by Gasteiger charge is 2.18. The van der Waals surface area contributed by atoms with Crippen molar-refractivity contribution in [2.75, 3.05) is 18.0 Å². The van der Waals surface area contributed by atoms with E-state index in [2.05, 4.69) is 23.7 Å². The Hall–Kier alpha value is -1.58. The van der Waals surface area contributed by atoms with Crippen LogP contribution in [0.2, 0.25) is 0 Å². The molecule has 1 aromatic rings. The molecule has 0 unspecified atom stereocenters. The van der Waals surface area contributed by atoms with Crippen LogP contribution in [0, 0.1) is 5.92 Å². The first-order valence-corrected chi connectivity index (χ1v) is 6.57. The molecule has 0 amide bonds. The summed E-state index contributed by atoms with van der Waals surface area (Å²) in [6.07, 6.45) is 3.74. The lowest BCUT2D eigenvalue weighted by atomic mass is 10.0. The van der Waals surface area contributed by atoms with Gasteiger partial charge in [-0.25, -0.2) is 9.78 Å². The number of rotatable bonds is 7. The van der Waals surface area contributed by atoms with Crippen LogP contribution in [0.25, 0.3) is 0 Å². The first-order chi connectivity index (χ1) is 8.63. The standard InChI is InChI=1S/C14H22N2O2/c1-4-11(5-2)10-16(6-3)12-8-7-9-15-13(12)14(17)18/h7-9,11H,4-6,10H2,1-3H3,(H,17,18). The van der Waals surface area contributed by atoms with Crippen LogP contribution in [0.15, 0.2) is 18.3 Å². The molecule has 0 aromatic carbocycles. The second-order valence-electron chi connectivity index (χ2n) is 4.40. The predicted molar refractivity (Wildman–Crippen MR) is 73.2 cm³/mol. The van der Waals surface area contributed by atoms with Gasteiger partial charge in [0.05, 0.1) is 5.69 Å². The molecule has 0 bridgehead atoms. The number of pyridine rings is 1. The number of carboxylic acids is 1. The van der Waals surface area contributed by atoms with E-state index in [1.165, 1.54) is 6.20 Å². The smallest absolute Gasteiger partial charge is 0.356 e. The Balaban J connectivity index is 2.97. The Morgan fingerprint density at radius 3 is 2.56 bits per heavy atom. The SMILES string of the molecule is CCC(CC)CN(CC)c1cccnc1C(=O)O. The summed E-state index contributed by atoms with van der Waals surface area (Å²) < 4.78 is 0. The summed E-state index contributed by atoms with van der Waals surface area (Å²) in [5.41, 5.74) is 0.865. The fraction of sp³-hybridized carbons (Fsp3) is 0.571. The Labute approximate surface area is 109 Å². The van der Waals surface area contributed by atoms with Gasteiger partial charge < -0.3 is 10.0 Å². The Morgan fingerprint density at radius 2 is 2.06 bits per heavy atom. The molecule has 1 heterocycles. The van der Waals surface area contributed by atoms with E-state index >= 15 is 0 Å². The predicted octanol–water partition coefficient (Wildman–Crippen LogP) is 3.04. The summed E-state index contributed by atoms with van der Waals surface area (Å²) in [7, 11) is 0. The van der Waals surface area contributed by atoms with Gasteiger partial charge in [-0.15, -0.1) is 0 Å². The fourth-order valence-electron chi connectivity index (χ4n) is 2.07. The number of aromatic nitrogens is 1. The van der Waals surface area contributed by atoms with Gasteiger partial charge >= 0.3 is 5.97 Å². The van der Waals surface area contributed by atoms with Gasteiger partial charge in [0.1, 0.15) is 0 Å². The number of carboxylic acid groups (broad SMARTS) is 1. The molecule has 18 heavy (non-hydrogen) atoms. The molecular formula is C14H22N2O2. The summed E-state index contributed by atoms with van der Waals surface area (Å²) in [5, 5.41) is 9.17. The number of carbonyl (C=O) groups is 1. The van der Waals surface area contributed by atoms with E-state index in [4.69, 9.17) is 5.11 Å². The average molecular weight is 250 g/mol. The molecular weight excluding hydrogens is 228 g/mol. The minimum Gasteiger partial charge on any atom is -0.476 e. The van der Waals surface area contributed by atoms with Crippen LogP contribution >= 0.6 is 0 Å². The molecule has 0 aliphatic rings. The summed E-state index contributed by atoms with van der Waals surface area (Å²) in [5.74, 6) is -0.375. The number of hydrogen-bond acceptors (Lipinski definition) is 3. The largest absolute Gasteiger partial charge is 0.476 e. The average Bonchev–Trinajstić information content (AvgIpc) is 2.40. The van der Waals surface area contributed by atoms with Crippen LogP contribution in [-0.4, -0.2) is 29.1 Å². The molecule has 0 atom stereocenters. The molecule has 0 saturated heterocycles. The highest BCUT2D eigenvalue weighted by atomic mass is 16.4. The van der Waals surface area contributed by atoms with Gasteiger partial charge in [-0.1, -0.05) is 26.7 Å². The molecule has 0 aliphatic heterocycles. The van der Waals surface area contributed by atoms with Crippen molar-refractivity contribution in [2.45, 2.75) is 33.6 Å². The monoisotopic (exact) mass is 250 g/mol. The second kappa shape index (κ2) is 6.99. The maximum atomic E-state index is 11.2. The van der Waals surface area contributed by atoms with Gasteiger partial charge in [-0.2, -0.15) is 0 Å². The zero-order valence-corrected chi connectivity index (χ0v) is 11.4. The Morgan fingerprint density at radius 1 is 1.39 bits per heavy atom. The zero-order chi connectivity index (χ0) is 13.5. The van der Waals surface area contributed by atoms with Crippen molar-refractivity contribution in [3.63, 3.8) is 0 Å². The van der Waals surface area contributed by atoms with E-state index < -0.39 is 5.97 Å². The highest BCUT2D eigenvalue weighted by molar-refractivity contribution is 5.92. The number of aromatic carboxylic acids is 1. The third kappa shape index (κ3) is 3.45. The van der Waals surface area contributed by atoms with Crippen LogP contribution < -0.4 is 4.90 Å². The third-order valence-electron chi connectivity index (χ3n) is 3.34. The van der Waals surface area contributed by atoms with Crippen molar-refractivity contribution in [1.82, 2.24) is 4.98 Å². The van der Waals surface area contributed by atoms with E-state index in [1.54, 1.807) is 6.07 Å². The van der Waals surface area contributed by atoms with E-state index in [9.17, 15) is 4.79 Å². The van der Waals surface area contributed by atoms with Crippen molar-refractivity contribution in [1.29, 1.82) is 0 Å². The van der Waals surface area contributed by atoms with Crippen molar-refractivity contribution >= 4 is 11.7 Å². The molecule has 100 valence electrons. The highest BCUT2D eigenvalue weighted by Crippen LogP contribution is 2.21. The molecule has 4 heteroatoms. The molecule has 1 N–H and O–H groups in total. The van der Waals surface area contributed by atoms with E-state index in [1.807, 2.05) is 13.0 Å². The lowest BCUT2D eigenvalue weighted by Crippen LogP contribution is -2.30. The molecule has 1 aromatic heterocycles. The van der Waals surface area contributed by atoms with Crippen LogP contribution in [-0.2, 0) is 0 Å². The van der Waals surface area contributed by atoms with Crippen LogP contribution in [0.5, 0.6) is 0 Å². The van der Waals surface area contributed by atoms with Gasteiger partial charge in [0.2, 0.25) is 0 Å². The van der Waals surface area contributed by atoms with Gasteiger partial charge in [-0.05, 0) is 25.0 Å². The first kappa shape index (κ1) is 14.5. The summed E-state index contributed by atoms with van der Waals surface area (Å²) in [4.78, 5) is 17.2. The van der Waals surface area contributed by atoms with Crippen molar-refractivity contribution in [3.05, 3.63) is 24.0 Å². The van der Waals surface area contributed by atoms with E-state index in [0.717, 1.165) is 31.6 Å². The van der Waals surface area contributed by atoms with Crippen molar-refractivity contribution < 1.29 is 9.90 Å². The lowest BCUT2D eigenvalue weighted by molar-refractivity contribution is 0.0691. The van der Waals surface area contributed by atoms with Crippen molar-refractivity contribution in [2.24, 2.45) is 5.92 Å². The summed E-state index contributed by atoms with van der Waals surface area (Å²) >= 11 is 0. The summed E-state index contributed by atoms with van der Waals surface area (Å²) in [6, 6.07) is 3.62. The maximum Gasteiger partial charge on any atom is 0.356 e. The summed E-state index contributed by atoms with van der Waals surface area (Å²) in [6.45, 7) is 8.06. The Bertz CT molecular complexity index is 389. The molecule has 0 radical (unpaired) electrons. The number of nitrogens with zero attached hydrogens (tertiary/aromatic N) is 2. The maximum absolute atomic E-state index is 11.2. The van der Waals surface area contributed by atoms with Crippen LogP contribution in [0.3, 0.4) is 0 Å². The van der Waals surface area contributed by atoms with E-state index in [-0.39, 0.29) is 5.69 Å². The minimum atomic E-state index is -0.964. The normalized spacial score (nSPS) is 10.7. The fourth-order valence-corrected chi connectivity index (χ4v) is 2.07. The third-order valence-corrected chi connectivity index (χ3v) is 3.34. The molecule has 0 saturated carbocycles. The molecule has 4 nitrogen and oxygen atoms in total. The quantitative estimate of drug-likeness (QED) is 0.808. The van der Waals surface area contributed by atoms with Crippen LogP contribution in [0.4, 0.5) is 5.69 Å². The molecule has 1 rings (SSSR count). The molecule has 0 aliphatic carbocycles. The number of anilines is 1. The molecule has 0 spiro atoms. The van der Waals surface area contributed by atoms with Gasteiger partial charge in [0.15, 0.2) is 5.69 Å². The Kier molecular flexibility index (Phi) is 5.62. The van der Waals surface area contributed by atoms with Gasteiger partial charge in [0.25, 0.3) is 0 Å².